The second-order valence-corrected chi connectivity index (χ2v) is 13.3. The van der Waals surface area contributed by atoms with Crippen LogP contribution in [-0.4, -0.2) is 0 Å². The summed E-state index contributed by atoms with van der Waals surface area (Å²) < 4.78 is 0. The highest BCUT2D eigenvalue weighted by Crippen LogP contribution is 2.49. The Morgan fingerprint density at radius 3 is 1.18 bits per heavy atom. The van der Waals surface area contributed by atoms with Crippen LogP contribution in [0, 0.1) is 0 Å². The summed E-state index contributed by atoms with van der Waals surface area (Å²) in [5.41, 5.74) is 18.1. The lowest BCUT2D eigenvalue weighted by Gasteiger charge is -2.20. The molecule has 9 rings (SSSR count). The SMILES string of the molecule is c1ccc(-c2ccc(C(c3ccc(-c4ccccc4)cc3)c3ccc(-c4ccc5c(c4)-c4ccccc4C5c4ccccc4)cc3)cc2)cc1. The van der Waals surface area contributed by atoms with Crippen molar-refractivity contribution < 1.29 is 0 Å². The molecule has 0 aromatic heterocycles. The lowest BCUT2D eigenvalue weighted by molar-refractivity contribution is 0.978. The highest BCUT2D eigenvalue weighted by atomic mass is 14.3. The summed E-state index contributed by atoms with van der Waals surface area (Å²) >= 11 is 0. The molecule has 0 nitrogen and oxygen atoms in total. The van der Waals surface area contributed by atoms with Gasteiger partial charge in [0.25, 0.3) is 0 Å². The average Bonchev–Trinajstić information content (AvgIpc) is 3.53. The summed E-state index contributed by atoms with van der Waals surface area (Å²) in [6, 6.07) is 75.6. The molecule has 0 aliphatic heterocycles. The minimum absolute atomic E-state index is 0.109. The van der Waals surface area contributed by atoms with E-state index in [9.17, 15) is 0 Å². The first-order valence-corrected chi connectivity index (χ1v) is 17.5. The van der Waals surface area contributed by atoms with Gasteiger partial charge >= 0.3 is 0 Å². The van der Waals surface area contributed by atoms with Crippen molar-refractivity contribution in [3.8, 4) is 44.5 Å². The zero-order chi connectivity index (χ0) is 33.3. The third-order valence-electron chi connectivity index (χ3n) is 10.3. The van der Waals surface area contributed by atoms with Gasteiger partial charge in [-0.05, 0) is 84.0 Å². The monoisotopic (exact) mass is 636 g/mol. The van der Waals surface area contributed by atoms with Crippen LogP contribution in [0.2, 0.25) is 0 Å². The van der Waals surface area contributed by atoms with Crippen molar-refractivity contribution in [2.75, 3.05) is 0 Å². The Kier molecular flexibility index (Phi) is 7.76. The van der Waals surface area contributed by atoms with Gasteiger partial charge in [-0.25, -0.2) is 0 Å². The first kappa shape index (κ1) is 29.9. The van der Waals surface area contributed by atoms with Crippen molar-refractivity contribution in [2.45, 2.75) is 11.8 Å². The quantitative estimate of drug-likeness (QED) is 0.153. The second-order valence-electron chi connectivity index (χ2n) is 13.3. The number of hydrogen-bond acceptors (Lipinski definition) is 0. The Labute approximate surface area is 295 Å². The third kappa shape index (κ3) is 5.55. The Bertz CT molecular complexity index is 2290. The standard InChI is InChI=1S/C50H36/c1-4-12-35(13-5-1)37-20-26-41(27-21-37)49(42-28-22-38(23-29-42)36-14-6-2-7-15-36)43-30-24-39(25-31-43)44-32-33-47-48(34-44)45-18-10-11-19-46(45)50(47)40-16-8-3-9-17-40/h1-34,49-50H. The van der Waals surface area contributed by atoms with Crippen LogP contribution < -0.4 is 0 Å². The van der Waals surface area contributed by atoms with Crippen LogP contribution in [0.1, 0.15) is 45.2 Å². The highest BCUT2D eigenvalue weighted by molar-refractivity contribution is 5.84. The number of hydrogen-bond donors (Lipinski definition) is 0. The highest BCUT2D eigenvalue weighted by Gasteiger charge is 2.29. The number of fused-ring (bicyclic) bond motifs is 3. The fourth-order valence-corrected chi connectivity index (χ4v) is 7.83. The van der Waals surface area contributed by atoms with Crippen molar-refractivity contribution in [1.82, 2.24) is 0 Å². The molecular formula is C50H36. The van der Waals surface area contributed by atoms with Gasteiger partial charge in [-0.3, -0.25) is 0 Å². The van der Waals surface area contributed by atoms with Crippen molar-refractivity contribution in [2.24, 2.45) is 0 Å². The Balaban J connectivity index is 1.08. The molecule has 0 N–H and O–H groups in total. The van der Waals surface area contributed by atoms with Gasteiger partial charge in [-0.1, -0.05) is 200 Å². The lowest BCUT2D eigenvalue weighted by atomic mass is 9.83. The van der Waals surface area contributed by atoms with Crippen molar-refractivity contribution in [1.29, 1.82) is 0 Å². The summed E-state index contributed by atoms with van der Waals surface area (Å²) in [5, 5.41) is 0. The first-order chi connectivity index (χ1) is 24.8. The maximum absolute atomic E-state index is 2.40. The van der Waals surface area contributed by atoms with Crippen LogP contribution in [0.15, 0.2) is 206 Å². The lowest BCUT2D eigenvalue weighted by Crippen LogP contribution is -2.03. The molecule has 0 radical (unpaired) electrons. The molecule has 0 saturated carbocycles. The fourth-order valence-electron chi connectivity index (χ4n) is 7.83. The van der Waals surface area contributed by atoms with E-state index >= 15 is 0 Å². The van der Waals surface area contributed by atoms with Gasteiger partial charge in [0.2, 0.25) is 0 Å². The molecule has 8 aromatic rings. The van der Waals surface area contributed by atoms with Crippen molar-refractivity contribution in [3.05, 3.63) is 240 Å². The zero-order valence-electron chi connectivity index (χ0n) is 27.8. The molecule has 0 heteroatoms. The average molecular weight is 637 g/mol. The van der Waals surface area contributed by atoms with E-state index in [1.807, 2.05) is 0 Å². The van der Waals surface area contributed by atoms with E-state index in [0.29, 0.717) is 0 Å². The molecule has 0 spiro atoms. The summed E-state index contributed by atoms with van der Waals surface area (Å²) in [6.07, 6.45) is 0. The molecule has 0 fully saturated rings. The molecule has 1 unspecified atom stereocenters. The normalized spacial score (nSPS) is 13.2. The van der Waals surface area contributed by atoms with Crippen LogP contribution >= 0.6 is 0 Å². The van der Waals surface area contributed by atoms with Gasteiger partial charge in [0, 0.05) is 11.8 Å². The molecule has 1 aliphatic carbocycles. The van der Waals surface area contributed by atoms with E-state index in [0.717, 1.165) is 0 Å². The van der Waals surface area contributed by atoms with Gasteiger partial charge in [0.05, 0.1) is 0 Å². The summed E-state index contributed by atoms with van der Waals surface area (Å²) in [7, 11) is 0. The molecule has 0 amide bonds. The Morgan fingerprint density at radius 2 is 0.660 bits per heavy atom. The van der Waals surface area contributed by atoms with Gasteiger partial charge < -0.3 is 0 Å². The molecule has 0 bridgehead atoms. The minimum atomic E-state index is 0.109. The van der Waals surface area contributed by atoms with Crippen LogP contribution in [0.5, 0.6) is 0 Å². The minimum Gasteiger partial charge on any atom is -0.0622 e. The molecule has 1 atom stereocenters. The number of rotatable bonds is 7. The first-order valence-electron chi connectivity index (χ1n) is 17.5. The van der Waals surface area contributed by atoms with E-state index in [4.69, 9.17) is 0 Å². The van der Waals surface area contributed by atoms with E-state index in [1.165, 1.54) is 77.9 Å². The van der Waals surface area contributed by atoms with Crippen LogP contribution in [0.25, 0.3) is 44.5 Å². The van der Waals surface area contributed by atoms with Gasteiger partial charge in [0.15, 0.2) is 0 Å². The van der Waals surface area contributed by atoms with E-state index in [1.54, 1.807) is 0 Å². The van der Waals surface area contributed by atoms with Gasteiger partial charge in [0.1, 0.15) is 0 Å². The van der Waals surface area contributed by atoms with Crippen molar-refractivity contribution >= 4 is 0 Å². The summed E-state index contributed by atoms with van der Waals surface area (Å²) in [4.78, 5) is 0. The summed E-state index contributed by atoms with van der Waals surface area (Å²) in [5.74, 6) is 0.373. The van der Waals surface area contributed by atoms with E-state index in [2.05, 4.69) is 206 Å². The maximum atomic E-state index is 2.40. The maximum Gasteiger partial charge on any atom is 0.0352 e. The molecule has 0 heterocycles. The number of benzene rings is 8. The molecule has 50 heavy (non-hydrogen) atoms. The van der Waals surface area contributed by atoms with Crippen LogP contribution in [0.4, 0.5) is 0 Å². The van der Waals surface area contributed by atoms with Gasteiger partial charge in [-0.2, -0.15) is 0 Å². The fraction of sp³-hybridized carbons (Fsp3) is 0.0400. The largest absolute Gasteiger partial charge is 0.0622 e. The zero-order valence-corrected chi connectivity index (χ0v) is 27.8. The summed E-state index contributed by atoms with van der Waals surface area (Å²) in [6.45, 7) is 0. The second kappa shape index (κ2) is 13.0. The third-order valence-corrected chi connectivity index (χ3v) is 10.3. The molecular weight excluding hydrogens is 601 g/mol. The van der Waals surface area contributed by atoms with Crippen molar-refractivity contribution in [3.63, 3.8) is 0 Å². The Hall–Kier alpha value is -6.24. The van der Waals surface area contributed by atoms with Crippen LogP contribution in [0.3, 0.4) is 0 Å². The predicted molar refractivity (Wildman–Crippen MR) is 209 cm³/mol. The van der Waals surface area contributed by atoms with E-state index in [-0.39, 0.29) is 11.8 Å². The molecule has 8 aromatic carbocycles. The van der Waals surface area contributed by atoms with Crippen LogP contribution in [-0.2, 0) is 0 Å². The predicted octanol–water partition coefficient (Wildman–Crippen LogP) is 13.0. The molecule has 236 valence electrons. The Morgan fingerprint density at radius 1 is 0.280 bits per heavy atom. The topological polar surface area (TPSA) is 0 Å². The molecule has 0 saturated heterocycles. The van der Waals surface area contributed by atoms with Gasteiger partial charge in [-0.15, -0.1) is 0 Å². The van der Waals surface area contributed by atoms with E-state index < -0.39 is 0 Å². The molecule has 1 aliphatic rings. The smallest absolute Gasteiger partial charge is 0.0352 e.